The van der Waals surface area contributed by atoms with Crippen molar-refractivity contribution in [1.29, 1.82) is 0 Å². The summed E-state index contributed by atoms with van der Waals surface area (Å²) in [5.74, 6) is 0.212. The Balaban J connectivity index is 2.61. The van der Waals surface area contributed by atoms with E-state index >= 15 is 0 Å². The molecule has 0 bridgehead atoms. The third-order valence-corrected chi connectivity index (χ3v) is 2.09. The predicted octanol–water partition coefficient (Wildman–Crippen LogP) is 2.27. The second kappa shape index (κ2) is 3.18. The number of phenols is 1. The molecule has 3 heteroatoms. The highest BCUT2D eigenvalue weighted by molar-refractivity contribution is 5.91. The van der Waals surface area contributed by atoms with Gasteiger partial charge in [0.2, 0.25) is 0 Å². The number of phenolic OH excluding ortho intramolecular Hbond substituents is 1. The van der Waals surface area contributed by atoms with Crippen LogP contribution in [0.3, 0.4) is 0 Å². The Labute approximate surface area is 81.0 Å². The molecule has 0 aliphatic rings. The highest BCUT2D eigenvalue weighted by Crippen LogP contribution is 2.29. The zero-order valence-electron chi connectivity index (χ0n) is 7.78. The van der Waals surface area contributed by atoms with E-state index in [9.17, 15) is 9.90 Å². The van der Waals surface area contributed by atoms with Crippen LogP contribution in [0.5, 0.6) is 5.75 Å². The number of carbonyl (C=O) groups excluding carboxylic acids is 1. The zero-order valence-corrected chi connectivity index (χ0v) is 7.78. The maximum atomic E-state index is 10.9. The molecule has 14 heavy (non-hydrogen) atoms. The summed E-state index contributed by atoms with van der Waals surface area (Å²) < 4.78 is 5.22. The van der Waals surface area contributed by atoms with Crippen molar-refractivity contribution >= 4 is 16.8 Å². The van der Waals surface area contributed by atoms with E-state index in [1.165, 1.54) is 13.2 Å². The Bertz CT molecular complexity index is 482. The van der Waals surface area contributed by atoms with Crippen LogP contribution >= 0.6 is 0 Å². The Kier molecular flexibility index (Phi) is 2.00. The Morgan fingerprint density at radius 1 is 1.50 bits per heavy atom. The lowest BCUT2D eigenvalue weighted by atomic mass is 10.1. The van der Waals surface area contributed by atoms with Crippen LogP contribution in [0.2, 0.25) is 0 Å². The van der Waals surface area contributed by atoms with E-state index in [0.717, 1.165) is 5.56 Å². The number of rotatable bonds is 2. The molecule has 1 heterocycles. The first kappa shape index (κ1) is 8.81. The van der Waals surface area contributed by atoms with Gasteiger partial charge in [-0.15, -0.1) is 0 Å². The van der Waals surface area contributed by atoms with Gasteiger partial charge in [0.25, 0.3) is 0 Å². The van der Waals surface area contributed by atoms with E-state index in [-0.39, 0.29) is 11.5 Å². The van der Waals surface area contributed by atoms with Gasteiger partial charge in [0, 0.05) is 12.0 Å². The average Bonchev–Trinajstić information content (AvgIpc) is 2.49. The number of aromatic hydroxyl groups is 1. The largest absolute Gasteiger partial charge is 0.507 e. The summed E-state index contributed by atoms with van der Waals surface area (Å²) in [5, 5.41) is 10.2. The Morgan fingerprint density at radius 2 is 2.29 bits per heavy atom. The monoisotopic (exact) mass is 190 g/mol. The molecule has 0 amide bonds. The molecule has 2 rings (SSSR count). The Morgan fingerprint density at radius 3 is 3.00 bits per heavy atom. The van der Waals surface area contributed by atoms with E-state index in [1.54, 1.807) is 18.2 Å². The SMILES string of the molecule is CC(=O)Cc1coc2cccc(O)c12. The van der Waals surface area contributed by atoms with Gasteiger partial charge in [-0.2, -0.15) is 0 Å². The number of carbonyl (C=O) groups is 1. The van der Waals surface area contributed by atoms with E-state index in [4.69, 9.17) is 4.42 Å². The molecule has 1 aromatic heterocycles. The van der Waals surface area contributed by atoms with Gasteiger partial charge in [-0.25, -0.2) is 0 Å². The average molecular weight is 190 g/mol. The second-order valence-electron chi connectivity index (χ2n) is 3.29. The molecule has 0 spiro atoms. The van der Waals surface area contributed by atoms with Crippen LogP contribution in [0.1, 0.15) is 12.5 Å². The number of ketones is 1. The van der Waals surface area contributed by atoms with Gasteiger partial charge >= 0.3 is 0 Å². The van der Waals surface area contributed by atoms with E-state index in [2.05, 4.69) is 0 Å². The van der Waals surface area contributed by atoms with Crippen LogP contribution in [-0.4, -0.2) is 10.9 Å². The van der Waals surface area contributed by atoms with Gasteiger partial charge in [0.1, 0.15) is 17.1 Å². The molecule has 0 fully saturated rings. The summed E-state index contributed by atoms with van der Waals surface area (Å²) in [7, 11) is 0. The third-order valence-electron chi connectivity index (χ3n) is 2.09. The zero-order chi connectivity index (χ0) is 10.1. The van der Waals surface area contributed by atoms with E-state index in [0.29, 0.717) is 17.4 Å². The van der Waals surface area contributed by atoms with Crippen molar-refractivity contribution in [3.8, 4) is 5.75 Å². The van der Waals surface area contributed by atoms with Crippen molar-refractivity contribution in [3.05, 3.63) is 30.0 Å². The molecule has 1 aromatic carbocycles. The molecule has 0 aliphatic heterocycles. The Hall–Kier alpha value is -1.77. The smallest absolute Gasteiger partial charge is 0.137 e. The van der Waals surface area contributed by atoms with Crippen LogP contribution in [0, 0.1) is 0 Å². The second-order valence-corrected chi connectivity index (χ2v) is 3.29. The molecule has 1 N–H and O–H groups in total. The predicted molar refractivity (Wildman–Crippen MR) is 52.3 cm³/mol. The highest BCUT2D eigenvalue weighted by atomic mass is 16.3. The van der Waals surface area contributed by atoms with Crippen molar-refractivity contribution in [1.82, 2.24) is 0 Å². The first-order valence-corrected chi connectivity index (χ1v) is 4.36. The number of fused-ring (bicyclic) bond motifs is 1. The summed E-state index contributed by atoms with van der Waals surface area (Å²) in [6.07, 6.45) is 1.82. The molecule has 0 unspecified atom stereocenters. The molecule has 2 aromatic rings. The maximum Gasteiger partial charge on any atom is 0.137 e. The minimum absolute atomic E-state index is 0.0518. The van der Waals surface area contributed by atoms with Crippen molar-refractivity contribution in [2.75, 3.05) is 0 Å². The fraction of sp³-hybridized carbons (Fsp3) is 0.182. The lowest BCUT2D eigenvalue weighted by Gasteiger charge is -1.96. The van der Waals surface area contributed by atoms with Crippen LogP contribution in [0.25, 0.3) is 11.0 Å². The van der Waals surface area contributed by atoms with Crippen LogP contribution in [-0.2, 0) is 11.2 Å². The van der Waals surface area contributed by atoms with Gasteiger partial charge < -0.3 is 9.52 Å². The van der Waals surface area contributed by atoms with Gasteiger partial charge in [-0.1, -0.05) is 6.07 Å². The van der Waals surface area contributed by atoms with Crippen molar-refractivity contribution in [2.45, 2.75) is 13.3 Å². The third kappa shape index (κ3) is 1.37. The molecule has 0 radical (unpaired) electrons. The molecule has 3 nitrogen and oxygen atoms in total. The number of Topliss-reactive ketones (excluding diaryl/α,β-unsaturated/α-hetero) is 1. The summed E-state index contributed by atoms with van der Waals surface area (Å²) in [4.78, 5) is 10.9. The minimum atomic E-state index is 0.0518. The number of furan rings is 1. The maximum absolute atomic E-state index is 10.9. The molecule has 0 atom stereocenters. The van der Waals surface area contributed by atoms with Crippen LogP contribution in [0.15, 0.2) is 28.9 Å². The van der Waals surface area contributed by atoms with Gasteiger partial charge in [0.05, 0.1) is 11.6 Å². The first-order chi connectivity index (χ1) is 6.68. The highest BCUT2D eigenvalue weighted by Gasteiger charge is 2.10. The number of benzene rings is 1. The number of hydrogen-bond donors (Lipinski definition) is 1. The van der Waals surface area contributed by atoms with Crippen LogP contribution in [0.4, 0.5) is 0 Å². The molecule has 0 aliphatic carbocycles. The van der Waals surface area contributed by atoms with Crippen molar-refractivity contribution < 1.29 is 14.3 Å². The van der Waals surface area contributed by atoms with E-state index in [1.807, 2.05) is 0 Å². The molecule has 0 saturated heterocycles. The topological polar surface area (TPSA) is 50.4 Å². The van der Waals surface area contributed by atoms with Crippen LogP contribution < -0.4 is 0 Å². The quantitative estimate of drug-likeness (QED) is 0.790. The lowest BCUT2D eigenvalue weighted by Crippen LogP contribution is -1.94. The fourth-order valence-electron chi connectivity index (χ4n) is 1.53. The van der Waals surface area contributed by atoms with Crippen molar-refractivity contribution in [2.24, 2.45) is 0 Å². The molecule has 72 valence electrons. The molecular formula is C11H10O3. The minimum Gasteiger partial charge on any atom is -0.507 e. The van der Waals surface area contributed by atoms with Gasteiger partial charge in [-0.05, 0) is 19.1 Å². The summed E-state index contributed by atoms with van der Waals surface area (Å²) in [6.45, 7) is 1.51. The lowest BCUT2D eigenvalue weighted by molar-refractivity contribution is -0.116. The number of hydrogen-bond acceptors (Lipinski definition) is 3. The summed E-state index contributed by atoms with van der Waals surface area (Å²) in [5.41, 5.74) is 1.35. The summed E-state index contributed by atoms with van der Waals surface area (Å²) in [6, 6.07) is 5.05. The van der Waals surface area contributed by atoms with E-state index < -0.39 is 0 Å². The fourth-order valence-corrected chi connectivity index (χ4v) is 1.53. The summed E-state index contributed by atoms with van der Waals surface area (Å²) >= 11 is 0. The van der Waals surface area contributed by atoms with Gasteiger partial charge in [0.15, 0.2) is 0 Å². The normalized spacial score (nSPS) is 10.6. The molecule has 0 saturated carbocycles. The van der Waals surface area contributed by atoms with Gasteiger partial charge in [-0.3, -0.25) is 4.79 Å². The van der Waals surface area contributed by atoms with Crippen molar-refractivity contribution in [3.63, 3.8) is 0 Å². The molecular weight excluding hydrogens is 180 g/mol. The first-order valence-electron chi connectivity index (χ1n) is 4.36. The standard InChI is InChI=1S/C11H10O3/c1-7(12)5-8-6-14-10-4-2-3-9(13)11(8)10/h2-4,6,13H,5H2,1H3.